The minimum Gasteiger partial charge on any atom is -0.507 e. The van der Waals surface area contributed by atoms with Crippen LogP contribution in [0.2, 0.25) is 0 Å². The van der Waals surface area contributed by atoms with Gasteiger partial charge in [0.2, 0.25) is 0 Å². The number of carbonyl (C=O) groups excluding carboxylic acids is 2. The largest absolute Gasteiger partial charge is 0.507 e. The van der Waals surface area contributed by atoms with Crippen LogP contribution in [0.1, 0.15) is 30.5 Å². The number of likely N-dealkylation sites (tertiary alicyclic amines) is 1. The van der Waals surface area contributed by atoms with Crippen molar-refractivity contribution in [2.24, 2.45) is 0 Å². The molecule has 8 nitrogen and oxygen atoms in total. The Morgan fingerprint density at radius 1 is 1.06 bits per heavy atom. The number of phenols is 1. The van der Waals surface area contributed by atoms with Gasteiger partial charge < -0.3 is 29.3 Å². The molecule has 3 rings (SSSR count). The molecule has 1 aliphatic rings. The second-order valence-electron chi connectivity index (χ2n) is 7.29. The van der Waals surface area contributed by atoms with Crippen LogP contribution in [0.5, 0.6) is 17.2 Å². The molecule has 170 valence electrons. The van der Waals surface area contributed by atoms with Gasteiger partial charge in [0.15, 0.2) is 11.5 Å². The van der Waals surface area contributed by atoms with Gasteiger partial charge in [-0.15, -0.1) is 0 Å². The number of rotatable bonds is 9. The maximum absolute atomic E-state index is 12.9. The van der Waals surface area contributed by atoms with Gasteiger partial charge in [-0.05, 0) is 48.4 Å². The first-order valence-corrected chi connectivity index (χ1v) is 10.3. The zero-order chi connectivity index (χ0) is 23.3. The summed E-state index contributed by atoms with van der Waals surface area (Å²) < 4.78 is 15.7. The number of hydrogen-bond donors (Lipinski definition) is 2. The lowest BCUT2D eigenvalue weighted by Crippen LogP contribution is -2.32. The van der Waals surface area contributed by atoms with E-state index in [-0.39, 0.29) is 36.0 Å². The number of carbonyl (C=O) groups is 2. The second kappa shape index (κ2) is 10.2. The fraction of sp³-hybridized carbons (Fsp3) is 0.333. The molecule has 0 aliphatic carbocycles. The predicted octanol–water partition coefficient (Wildman–Crippen LogP) is 3.26. The summed E-state index contributed by atoms with van der Waals surface area (Å²) in [4.78, 5) is 27.1. The fourth-order valence-corrected chi connectivity index (χ4v) is 3.61. The molecular formula is C24H27NO7. The number of benzene rings is 2. The number of aliphatic hydroxyl groups is 1. The molecule has 1 unspecified atom stereocenters. The smallest absolute Gasteiger partial charge is 0.295 e. The van der Waals surface area contributed by atoms with E-state index in [1.54, 1.807) is 36.4 Å². The average molecular weight is 441 g/mol. The first kappa shape index (κ1) is 23.1. The van der Waals surface area contributed by atoms with Crippen molar-refractivity contribution in [1.29, 1.82) is 0 Å². The molecule has 1 amide bonds. The van der Waals surface area contributed by atoms with E-state index < -0.39 is 17.7 Å². The summed E-state index contributed by atoms with van der Waals surface area (Å²) in [5.41, 5.74) is 0.780. The van der Waals surface area contributed by atoms with Crippen LogP contribution in [0.25, 0.3) is 5.76 Å². The number of nitrogens with zero attached hydrogens (tertiary/aromatic N) is 1. The third-order valence-electron chi connectivity index (χ3n) is 5.20. The molecule has 1 aliphatic heterocycles. The van der Waals surface area contributed by atoms with Crippen LogP contribution in [0.3, 0.4) is 0 Å². The van der Waals surface area contributed by atoms with Crippen molar-refractivity contribution in [3.8, 4) is 17.2 Å². The summed E-state index contributed by atoms with van der Waals surface area (Å²) in [6, 6.07) is 10.4. The van der Waals surface area contributed by atoms with Crippen molar-refractivity contribution >= 4 is 17.4 Å². The van der Waals surface area contributed by atoms with Crippen molar-refractivity contribution in [1.82, 2.24) is 4.90 Å². The van der Waals surface area contributed by atoms with Gasteiger partial charge in [0, 0.05) is 19.2 Å². The summed E-state index contributed by atoms with van der Waals surface area (Å²) in [5.74, 6) is -1.09. The van der Waals surface area contributed by atoms with Crippen molar-refractivity contribution in [2.45, 2.75) is 19.4 Å². The van der Waals surface area contributed by atoms with E-state index in [1.165, 1.54) is 25.2 Å². The Hall–Kier alpha value is -3.52. The molecule has 0 aromatic heterocycles. The van der Waals surface area contributed by atoms with E-state index >= 15 is 0 Å². The summed E-state index contributed by atoms with van der Waals surface area (Å²) in [7, 11) is 2.92. The molecule has 0 saturated carbocycles. The standard InChI is InChI=1S/C24H27NO7/c1-4-12-32-17-8-5-15(6-9-17)22(27)20-21(16-7-10-19(31-3)18(26)14-16)25(11-13-30-2)24(29)23(20)28/h5-10,14,21,26-27H,4,11-13H2,1-3H3/b22-20-. The molecule has 32 heavy (non-hydrogen) atoms. The molecule has 0 bridgehead atoms. The molecule has 1 fully saturated rings. The number of phenolic OH excluding ortho intramolecular Hbond substituents is 1. The zero-order valence-electron chi connectivity index (χ0n) is 18.3. The number of ketones is 1. The molecule has 1 atom stereocenters. The van der Waals surface area contributed by atoms with Gasteiger partial charge in [-0.3, -0.25) is 9.59 Å². The lowest BCUT2D eigenvalue weighted by molar-refractivity contribution is -0.140. The van der Waals surface area contributed by atoms with Gasteiger partial charge in [0.05, 0.1) is 31.9 Å². The number of amides is 1. The summed E-state index contributed by atoms with van der Waals surface area (Å²) in [6.07, 6.45) is 0.862. The highest BCUT2D eigenvalue weighted by Crippen LogP contribution is 2.41. The monoisotopic (exact) mass is 441 g/mol. The van der Waals surface area contributed by atoms with Gasteiger partial charge in [0.25, 0.3) is 11.7 Å². The number of ether oxygens (including phenoxy) is 3. The molecule has 1 heterocycles. The third kappa shape index (κ3) is 4.55. The predicted molar refractivity (Wildman–Crippen MR) is 118 cm³/mol. The number of aromatic hydroxyl groups is 1. The number of methoxy groups -OCH3 is 2. The lowest BCUT2D eigenvalue weighted by atomic mass is 9.95. The first-order chi connectivity index (χ1) is 15.4. The molecule has 0 radical (unpaired) electrons. The molecule has 2 aromatic carbocycles. The minimum absolute atomic E-state index is 0.0575. The zero-order valence-corrected chi connectivity index (χ0v) is 18.3. The van der Waals surface area contributed by atoms with Crippen LogP contribution in [-0.2, 0) is 14.3 Å². The van der Waals surface area contributed by atoms with Crippen LogP contribution < -0.4 is 9.47 Å². The Kier molecular flexibility index (Phi) is 7.37. The minimum atomic E-state index is -0.891. The van der Waals surface area contributed by atoms with Crippen LogP contribution in [0.15, 0.2) is 48.0 Å². The van der Waals surface area contributed by atoms with E-state index in [1.807, 2.05) is 6.92 Å². The number of aliphatic hydroxyl groups excluding tert-OH is 1. The Labute approximate surface area is 186 Å². The molecule has 1 saturated heterocycles. The number of Topliss-reactive ketones (excluding diaryl/α,β-unsaturated/α-hetero) is 1. The normalized spacial score (nSPS) is 17.6. The SMILES string of the molecule is CCCOc1ccc(/C(O)=C2/C(=O)C(=O)N(CCOC)C2c2ccc(OC)c(O)c2)cc1. The topological polar surface area (TPSA) is 106 Å². The number of hydrogen-bond acceptors (Lipinski definition) is 7. The van der Waals surface area contributed by atoms with Crippen molar-refractivity contribution in [3.63, 3.8) is 0 Å². The molecule has 0 spiro atoms. The summed E-state index contributed by atoms with van der Waals surface area (Å²) >= 11 is 0. The first-order valence-electron chi connectivity index (χ1n) is 10.3. The molecule has 2 aromatic rings. The third-order valence-corrected chi connectivity index (χ3v) is 5.20. The van der Waals surface area contributed by atoms with Crippen molar-refractivity contribution in [3.05, 3.63) is 59.2 Å². The highest BCUT2D eigenvalue weighted by molar-refractivity contribution is 6.46. The van der Waals surface area contributed by atoms with E-state index in [0.717, 1.165) is 6.42 Å². The van der Waals surface area contributed by atoms with Crippen LogP contribution >= 0.6 is 0 Å². The Bertz CT molecular complexity index is 1010. The van der Waals surface area contributed by atoms with Crippen LogP contribution in [0.4, 0.5) is 0 Å². The maximum Gasteiger partial charge on any atom is 0.295 e. The molecule has 2 N–H and O–H groups in total. The Morgan fingerprint density at radius 2 is 1.78 bits per heavy atom. The van der Waals surface area contributed by atoms with Gasteiger partial charge in [0.1, 0.15) is 11.5 Å². The van der Waals surface area contributed by atoms with E-state index in [4.69, 9.17) is 14.2 Å². The van der Waals surface area contributed by atoms with E-state index in [9.17, 15) is 19.8 Å². The second-order valence-corrected chi connectivity index (χ2v) is 7.29. The fourth-order valence-electron chi connectivity index (χ4n) is 3.61. The van der Waals surface area contributed by atoms with Gasteiger partial charge >= 0.3 is 0 Å². The van der Waals surface area contributed by atoms with Gasteiger partial charge in [-0.1, -0.05) is 13.0 Å². The summed E-state index contributed by atoms with van der Waals surface area (Å²) in [6.45, 7) is 2.91. The van der Waals surface area contributed by atoms with Crippen LogP contribution in [-0.4, -0.2) is 60.8 Å². The van der Waals surface area contributed by atoms with Gasteiger partial charge in [-0.2, -0.15) is 0 Å². The average Bonchev–Trinajstić information content (AvgIpc) is 3.06. The Morgan fingerprint density at radius 3 is 2.38 bits per heavy atom. The quantitative estimate of drug-likeness (QED) is 0.350. The highest BCUT2D eigenvalue weighted by Gasteiger charge is 2.46. The van der Waals surface area contributed by atoms with Gasteiger partial charge in [-0.25, -0.2) is 0 Å². The highest BCUT2D eigenvalue weighted by atomic mass is 16.5. The molecule has 8 heteroatoms. The van der Waals surface area contributed by atoms with Crippen LogP contribution in [0, 0.1) is 0 Å². The van der Waals surface area contributed by atoms with E-state index in [0.29, 0.717) is 23.5 Å². The summed E-state index contributed by atoms with van der Waals surface area (Å²) in [5, 5.41) is 21.3. The lowest BCUT2D eigenvalue weighted by Gasteiger charge is -2.25. The van der Waals surface area contributed by atoms with E-state index in [2.05, 4.69) is 0 Å². The molecular weight excluding hydrogens is 414 g/mol. The maximum atomic E-state index is 12.9. The van der Waals surface area contributed by atoms with Crippen molar-refractivity contribution in [2.75, 3.05) is 34.0 Å². The Balaban J connectivity index is 2.08. The van der Waals surface area contributed by atoms with Crippen molar-refractivity contribution < 1.29 is 34.0 Å².